The molecule has 7 nitrogen and oxygen atoms in total. The molecule has 0 unspecified atom stereocenters. The Morgan fingerprint density at radius 1 is 1.15 bits per heavy atom. The number of carbonyl (C=O) groups excluding carboxylic acids is 1. The first-order chi connectivity index (χ1) is 12.4. The van der Waals surface area contributed by atoms with Crippen LogP contribution in [-0.2, 0) is 25.9 Å². The van der Waals surface area contributed by atoms with Crippen LogP contribution in [0.5, 0.6) is 0 Å². The van der Waals surface area contributed by atoms with E-state index in [1.54, 1.807) is 0 Å². The molecule has 27 heavy (non-hydrogen) atoms. The SMILES string of the molecule is Cn1c(C(F)(F)F)nn(CCNC(=O)Nc2cccc(C(F)(F)F)c2)c1=O. The minimum Gasteiger partial charge on any atom is -0.336 e. The van der Waals surface area contributed by atoms with E-state index in [-0.39, 0.29) is 18.8 Å². The maximum absolute atomic E-state index is 12.7. The van der Waals surface area contributed by atoms with Crippen molar-refractivity contribution in [3.8, 4) is 0 Å². The number of rotatable bonds is 4. The quantitative estimate of drug-likeness (QED) is 0.778. The lowest BCUT2D eigenvalue weighted by Crippen LogP contribution is -2.34. The summed E-state index contributed by atoms with van der Waals surface area (Å²) in [5.41, 5.74) is -2.11. The highest BCUT2D eigenvalue weighted by Crippen LogP contribution is 2.30. The Bertz CT molecular complexity index is 883. The molecule has 1 aromatic heterocycles. The largest absolute Gasteiger partial charge is 0.451 e. The van der Waals surface area contributed by atoms with Crippen molar-refractivity contribution < 1.29 is 31.1 Å². The molecule has 0 aliphatic heterocycles. The lowest BCUT2D eigenvalue weighted by Gasteiger charge is -2.10. The lowest BCUT2D eigenvalue weighted by atomic mass is 10.2. The molecule has 13 heteroatoms. The summed E-state index contributed by atoms with van der Waals surface area (Å²) in [7, 11) is 0.905. The monoisotopic (exact) mass is 397 g/mol. The summed E-state index contributed by atoms with van der Waals surface area (Å²) in [6.07, 6.45) is -9.39. The molecule has 2 aromatic rings. The van der Waals surface area contributed by atoms with Crippen LogP contribution in [0.2, 0.25) is 0 Å². The van der Waals surface area contributed by atoms with Crippen LogP contribution in [0, 0.1) is 0 Å². The topological polar surface area (TPSA) is 81.0 Å². The van der Waals surface area contributed by atoms with Gasteiger partial charge in [-0.05, 0) is 18.2 Å². The van der Waals surface area contributed by atoms with Crippen molar-refractivity contribution in [1.29, 1.82) is 0 Å². The molecule has 0 aliphatic rings. The van der Waals surface area contributed by atoms with Crippen LogP contribution in [0.4, 0.5) is 36.8 Å². The van der Waals surface area contributed by atoms with E-state index >= 15 is 0 Å². The maximum atomic E-state index is 12.7. The van der Waals surface area contributed by atoms with Crippen molar-refractivity contribution in [3.63, 3.8) is 0 Å². The summed E-state index contributed by atoms with van der Waals surface area (Å²) >= 11 is 0. The molecule has 2 amide bonds. The summed E-state index contributed by atoms with van der Waals surface area (Å²) in [4.78, 5) is 23.3. The molecule has 2 N–H and O–H groups in total. The first-order valence-corrected chi connectivity index (χ1v) is 7.32. The molecule has 0 aliphatic carbocycles. The fourth-order valence-corrected chi connectivity index (χ4v) is 2.10. The van der Waals surface area contributed by atoms with Crippen LogP contribution in [0.25, 0.3) is 0 Å². The van der Waals surface area contributed by atoms with Gasteiger partial charge in [0.1, 0.15) is 0 Å². The number of urea groups is 1. The van der Waals surface area contributed by atoms with Crippen LogP contribution in [0.15, 0.2) is 29.1 Å². The first kappa shape index (κ1) is 20.3. The highest BCUT2D eigenvalue weighted by Gasteiger charge is 2.38. The molecule has 0 atom stereocenters. The summed E-state index contributed by atoms with van der Waals surface area (Å²) in [5.74, 6) is -1.39. The van der Waals surface area contributed by atoms with Gasteiger partial charge in [0.15, 0.2) is 0 Å². The second-order valence-electron chi connectivity index (χ2n) is 5.35. The van der Waals surface area contributed by atoms with E-state index in [9.17, 15) is 35.9 Å². The average Bonchev–Trinajstić information content (AvgIpc) is 2.83. The Morgan fingerprint density at radius 2 is 1.81 bits per heavy atom. The molecular formula is C14H13F6N5O2. The fourth-order valence-electron chi connectivity index (χ4n) is 2.10. The van der Waals surface area contributed by atoms with Gasteiger partial charge < -0.3 is 10.6 Å². The van der Waals surface area contributed by atoms with Gasteiger partial charge in [-0.2, -0.15) is 26.3 Å². The van der Waals surface area contributed by atoms with Crippen LogP contribution in [-0.4, -0.2) is 26.9 Å². The minimum absolute atomic E-state index is 0.128. The average molecular weight is 397 g/mol. The summed E-state index contributed by atoms with van der Waals surface area (Å²) in [6, 6.07) is 2.99. The van der Waals surface area contributed by atoms with Gasteiger partial charge in [0.2, 0.25) is 5.82 Å². The molecule has 0 saturated heterocycles. The second kappa shape index (κ2) is 7.32. The van der Waals surface area contributed by atoms with E-state index < -0.39 is 35.5 Å². The van der Waals surface area contributed by atoms with E-state index in [2.05, 4.69) is 15.7 Å². The van der Waals surface area contributed by atoms with E-state index in [1.807, 2.05) is 0 Å². The molecule has 0 radical (unpaired) electrons. The van der Waals surface area contributed by atoms with Crippen LogP contribution in [0.3, 0.4) is 0 Å². The van der Waals surface area contributed by atoms with Crippen molar-refractivity contribution in [2.75, 3.05) is 11.9 Å². The number of nitrogens with zero attached hydrogens (tertiary/aromatic N) is 3. The number of halogens is 6. The van der Waals surface area contributed by atoms with Crippen LogP contribution in [0.1, 0.15) is 11.4 Å². The number of hydrogen-bond acceptors (Lipinski definition) is 3. The number of alkyl halides is 6. The molecule has 2 rings (SSSR count). The van der Waals surface area contributed by atoms with Gasteiger partial charge in [-0.1, -0.05) is 6.07 Å². The minimum atomic E-state index is -4.81. The molecule has 0 bridgehead atoms. The zero-order valence-electron chi connectivity index (χ0n) is 13.6. The third-order valence-corrected chi connectivity index (χ3v) is 3.35. The van der Waals surface area contributed by atoms with E-state index in [4.69, 9.17) is 0 Å². The fraction of sp³-hybridized carbons (Fsp3) is 0.357. The van der Waals surface area contributed by atoms with Crippen molar-refractivity contribution in [3.05, 3.63) is 46.1 Å². The van der Waals surface area contributed by atoms with Crippen molar-refractivity contribution in [1.82, 2.24) is 19.7 Å². The highest BCUT2D eigenvalue weighted by atomic mass is 19.4. The molecule has 0 fully saturated rings. The van der Waals surface area contributed by atoms with E-state index in [0.29, 0.717) is 9.25 Å². The maximum Gasteiger partial charge on any atom is 0.451 e. The Labute approximate surface area is 147 Å². The molecule has 148 valence electrons. The normalized spacial score (nSPS) is 12.1. The molecule has 1 aromatic carbocycles. The van der Waals surface area contributed by atoms with Gasteiger partial charge in [-0.15, -0.1) is 5.10 Å². The summed E-state index contributed by atoms with van der Waals surface area (Å²) in [5, 5.41) is 7.51. The standard InChI is InChI=1S/C14H13F6N5O2/c1-24-10(14(18,19)20)23-25(12(24)27)6-5-21-11(26)22-9-4-2-3-8(7-9)13(15,16)17/h2-4,7H,5-6H2,1H3,(H2,21,22,26). The third-order valence-electron chi connectivity index (χ3n) is 3.35. The molecule has 0 spiro atoms. The predicted molar refractivity (Wildman–Crippen MR) is 80.9 cm³/mol. The number of aromatic nitrogens is 3. The van der Waals surface area contributed by atoms with Crippen molar-refractivity contribution in [2.45, 2.75) is 18.9 Å². The lowest BCUT2D eigenvalue weighted by molar-refractivity contribution is -0.147. The molecule has 1 heterocycles. The highest BCUT2D eigenvalue weighted by molar-refractivity contribution is 5.89. The Morgan fingerprint density at radius 3 is 2.37 bits per heavy atom. The Balaban J connectivity index is 1.95. The van der Waals surface area contributed by atoms with Crippen LogP contribution < -0.4 is 16.3 Å². The zero-order valence-corrected chi connectivity index (χ0v) is 13.6. The van der Waals surface area contributed by atoms with E-state index in [1.165, 1.54) is 6.07 Å². The summed E-state index contributed by atoms with van der Waals surface area (Å²) in [6.45, 7) is -0.641. The molecular weight excluding hydrogens is 384 g/mol. The van der Waals surface area contributed by atoms with E-state index in [0.717, 1.165) is 25.2 Å². The van der Waals surface area contributed by atoms with Crippen LogP contribution >= 0.6 is 0 Å². The third kappa shape index (κ3) is 5.01. The van der Waals surface area contributed by atoms with Gasteiger partial charge in [0.25, 0.3) is 0 Å². The van der Waals surface area contributed by atoms with Gasteiger partial charge in [0, 0.05) is 19.3 Å². The Kier molecular flexibility index (Phi) is 5.51. The summed E-state index contributed by atoms with van der Waals surface area (Å²) < 4.78 is 76.6. The number of nitrogens with one attached hydrogen (secondary N) is 2. The van der Waals surface area contributed by atoms with Gasteiger partial charge in [0.05, 0.1) is 12.1 Å². The molecule has 0 saturated carbocycles. The van der Waals surface area contributed by atoms with Crippen molar-refractivity contribution >= 4 is 11.7 Å². The second-order valence-corrected chi connectivity index (χ2v) is 5.35. The number of carbonyl (C=O) groups is 1. The Hall–Kier alpha value is -2.99. The van der Waals surface area contributed by atoms with Gasteiger partial charge >= 0.3 is 24.1 Å². The predicted octanol–water partition coefficient (Wildman–Crippen LogP) is 2.44. The van der Waals surface area contributed by atoms with Gasteiger partial charge in [-0.25, -0.2) is 14.3 Å². The smallest absolute Gasteiger partial charge is 0.336 e. The number of hydrogen-bond donors (Lipinski definition) is 2. The zero-order chi connectivity index (χ0) is 20.4. The number of amides is 2. The first-order valence-electron chi connectivity index (χ1n) is 7.32. The van der Waals surface area contributed by atoms with Gasteiger partial charge in [-0.3, -0.25) is 4.57 Å². The number of anilines is 1. The number of benzene rings is 1. The van der Waals surface area contributed by atoms with Crippen molar-refractivity contribution in [2.24, 2.45) is 7.05 Å².